The van der Waals surface area contributed by atoms with Crippen LogP contribution >= 0.6 is 0 Å². The first-order valence-electron chi connectivity index (χ1n) is 5.83. The second-order valence-corrected chi connectivity index (χ2v) is 3.83. The lowest BCUT2D eigenvalue weighted by molar-refractivity contribution is 0.153. The lowest BCUT2D eigenvalue weighted by atomic mass is 10.0. The van der Waals surface area contributed by atoms with Crippen LogP contribution in [0.15, 0.2) is 24.3 Å². The maximum absolute atomic E-state index is 12.8. The second-order valence-electron chi connectivity index (χ2n) is 3.83. The van der Waals surface area contributed by atoms with Crippen LogP contribution in [0.25, 0.3) is 0 Å². The molecule has 0 aliphatic rings. The summed E-state index contributed by atoms with van der Waals surface area (Å²) in [4.78, 5) is 2.20. The van der Waals surface area contributed by atoms with Crippen LogP contribution in [0.4, 0.5) is 4.39 Å². The third-order valence-corrected chi connectivity index (χ3v) is 2.88. The van der Waals surface area contributed by atoms with E-state index in [1.54, 1.807) is 0 Å². The predicted octanol–water partition coefficient (Wildman–Crippen LogP) is 2.59. The fourth-order valence-electron chi connectivity index (χ4n) is 2.05. The summed E-state index contributed by atoms with van der Waals surface area (Å²) in [7, 11) is 0. The molecular weight excluding hydrogens is 205 g/mol. The Balaban J connectivity index is 2.83. The molecule has 1 N–H and O–H groups in total. The summed E-state index contributed by atoms with van der Waals surface area (Å²) < 4.78 is 12.8. The van der Waals surface area contributed by atoms with E-state index in [2.05, 4.69) is 18.7 Å². The van der Waals surface area contributed by atoms with Gasteiger partial charge in [0.05, 0.1) is 6.61 Å². The van der Waals surface area contributed by atoms with Gasteiger partial charge in [-0.2, -0.15) is 0 Å². The topological polar surface area (TPSA) is 23.5 Å². The van der Waals surface area contributed by atoms with E-state index in [1.165, 1.54) is 12.1 Å². The van der Waals surface area contributed by atoms with Gasteiger partial charge in [-0.1, -0.05) is 26.0 Å². The molecule has 1 atom stereocenters. The fraction of sp³-hybridized carbons (Fsp3) is 0.538. The van der Waals surface area contributed by atoms with Crippen molar-refractivity contribution in [1.82, 2.24) is 4.90 Å². The number of rotatable bonds is 6. The SMILES string of the molecule is CCC(c1ccc(F)cc1)N(CC)CCO. The van der Waals surface area contributed by atoms with Gasteiger partial charge < -0.3 is 5.11 Å². The zero-order chi connectivity index (χ0) is 12.0. The molecule has 90 valence electrons. The maximum atomic E-state index is 12.8. The van der Waals surface area contributed by atoms with E-state index < -0.39 is 0 Å². The molecule has 0 saturated heterocycles. The van der Waals surface area contributed by atoms with Crippen LogP contribution in [0.3, 0.4) is 0 Å². The molecule has 0 heterocycles. The van der Waals surface area contributed by atoms with Crippen molar-refractivity contribution in [2.24, 2.45) is 0 Å². The molecule has 0 bridgehead atoms. The molecule has 3 heteroatoms. The van der Waals surface area contributed by atoms with Crippen molar-refractivity contribution in [2.45, 2.75) is 26.3 Å². The number of halogens is 1. The van der Waals surface area contributed by atoms with Crippen molar-refractivity contribution in [3.63, 3.8) is 0 Å². The zero-order valence-corrected chi connectivity index (χ0v) is 9.99. The molecule has 0 amide bonds. The summed E-state index contributed by atoms with van der Waals surface area (Å²) in [6.45, 7) is 5.88. The molecule has 0 radical (unpaired) electrons. The highest BCUT2D eigenvalue weighted by atomic mass is 19.1. The van der Waals surface area contributed by atoms with Crippen molar-refractivity contribution in [3.05, 3.63) is 35.6 Å². The van der Waals surface area contributed by atoms with Gasteiger partial charge in [0.15, 0.2) is 0 Å². The molecule has 1 unspecified atom stereocenters. The first-order chi connectivity index (χ1) is 7.72. The van der Waals surface area contributed by atoms with Crippen LogP contribution in [0, 0.1) is 5.82 Å². The van der Waals surface area contributed by atoms with Crippen molar-refractivity contribution in [1.29, 1.82) is 0 Å². The van der Waals surface area contributed by atoms with Gasteiger partial charge in [0, 0.05) is 12.6 Å². The van der Waals surface area contributed by atoms with Gasteiger partial charge in [-0.25, -0.2) is 4.39 Å². The highest BCUT2D eigenvalue weighted by Gasteiger charge is 2.16. The summed E-state index contributed by atoms with van der Waals surface area (Å²) in [5, 5.41) is 9.00. The standard InChI is InChI=1S/C13H20FNO/c1-3-13(15(4-2)9-10-16)11-5-7-12(14)8-6-11/h5-8,13,16H,3-4,9-10H2,1-2H3. The zero-order valence-electron chi connectivity index (χ0n) is 9.99. The first-order valence-corrected chi connectivity index (χ1v) is 5.83. The van der Waals surface area contributed by atoms with E-state index in [9.17, 15) is 4.39 Å². The van der Waals surface area contributed by atoms with Gasteiger partial charge in [-0.15, -0.1) is 0 Å². The molecule has 1 aromatic rings. The lowest BCUT2D eigenvalue weighted by Gasteiger charge is -2.29. The quantitative estimate of drug-likeness (QED) is 0.804. The number of aliphatic hydroxyl groups is 1. The van der Waals surface area contributed by atoms with E-state index in [4.69, 9.17) is 5.11 Å². The molecule has 0 spiro atoms. The van der Waals surface area contributed by atoms with Crippen molar-refractivity contribution in [3.8, 4) is 0 Å². The summed E-state index contributed by atoms with van der Waals surface area (Å²) in [6, 6.07) is 6.89. The Morgan fingerprint density at radius 1 is 1.25 bits per heavy atom. The van der Waals surface area contributed by atoms with E-state index >= 15 is 0 Å². The molecule has 0 fully saturated rings. The second kappa shape index (κ2) is 6.61. The van der Waals surface area contributed by atoms with Gasteiger partial charge in [0.1, 0.15) is 5.82 Å². The van der Waals surface area contributed by atoms with Crippen LogP contribution in [0.1, 0.15) is 31.9 Å². The number of aliphatic hydroxyl groups excluding tert-OH is 1. The smallest absolute Gasteiger partial charge is 0.123 e. The van der Waals surface area contributed by atoms with Crippen LogP contribution in [0.2, 0.25) is 0 Å². The highest BCUT2D eigenvalue weighted by Crippen LogP contribution is 2.23. The number of benzene rings is 1. The van der Waals surface area contributed by atoms with Gasteiger partial charge in [-0.05, 0) is 30.7 Å². The van der Waals surface area contributed by atoms with Gasteiger partial charge in [0.25, 0.3) is 0 Å². The minimum Gasteiger partial charge on any atom is -0.395 e. The Labute approximate surface area is 96.7 Å². The number of hydrogen-bond acceptors (Lipinski definition) is 2. The van der Waals surface area contributed by atoms with Crippen molar-refractivity contribution >= 4 is 0 Å². The minimum atomic E-state index is -0.205. The third-order valence-electron chi connectivity index (χ3n) is 2.88. The summed E-state index contributed by atoms with van der Waals surface area (Å²) >= 11 is 0. The van der Waals surface area contributed by atoms with Crippen LogP contribution in [-0.2, 0) is 0 Å². The van der Waals surface area contributed by atoms with Crippen molar-refractivity contribution < 1.29 is 9.50 Å². The molecule has 1 rings (SSSR count). The molecule has 2 nitrogen and oxygen atoms in total. The van der Waals surface area contributed by atoms with Crippen molar-refractivity contribution in [2.75, 3.05) is 19.7 Å². The Hall–Kier alpha value is -0.930. The van der Waals surface area contributed by atoms with Crippen LogP contribution in [0.5, 0.6) is 0 Å². The van der Waals surface area contributed by atoms with Gasteiger partial charge >= 0.3 is 0 Å². The summed E-state index contributed by atoms with van der Waals surface area (Å²) in [5.74, 6) is -0.205. The van der Waals surface area contributed by atoms with E-state index in [0.717, 1.165) is 18.5 Å². The molecule has 0 aromatic heterocycles. The van der Waals surface area contributed by atoms with Gasteiger partial charge in [-0.3, -0.25) is 4.90 Å². The average molecular weight is 225 g/mol. The largest absolute Gasteiger partial charge is 0.395 e. The van der Waals surface area contributed by atoms with E-state index in [-0.39, 0.29) is 18.5 Å². The average Bonchev–Trinajstić information content (AvgIpc) is 2.31. The monoisotopic (exact) mass is 225 g/mol. The Bertz CT molecular complexity index is 299. The first kappa shape index (κ1) is 13.1. The molecule has 0 aliphatic carbocycles. The molecule has 0 aliphatic heterocycles. The van der Waals surface area contributed by atoms with Gasteiger partial charge in [0.2, 0.25) is 0 Å². The Morgan fingerprint density at radius 2 is 1.88 bits per heavy atom. The molecule has 16 heavy (non-hydrogen) atoms. The Kier molecular flexibility index (Phi) is 5.43. The number of likely N-dealkylation sites (N-methyl/N-ethyl adjacent to an activating group) is 1. The number of hydrogen-bond donors (Lipinski definition) is 1. The third kappa shape index (κ3) is 3.29. The highest BCUT2D eigenvalue weighted by molar-refractivity contribution is 5.20. The van der Waals surface area contributed by atoms with Crippen LogP contribution in [-0.4, -0.2) is 29.7 Å². The van der Waals surface area contributed by atoms with Crippen LogP contribution < -0.4 is 0 Å². The van der Waals surface area contributed by atoms with E-state index in [1.807, 2.05) is 12.1 Å². The Morgan fingerprint density at radius 3 is 2.31 bits per heavy atom. The van der Waals surface area contributed by atoms with E-state index in [0.29, 0.717) is 6.54 Å². The minimum absolute atomic E-state index is 0.158. The fourth-order valence-corrected chi connectivity index (χ4v) is 2.05. The molecule has 0 saturated carbocycles. The normalized spacial score (nSPS) is 13.1. The molecule has 1 aromatic carbocycles. The number of nitrogens with zero attached hydrogens (tertiary/aromatic N) is 1. The lowest BCUT2D eigenvalue weighted by Crippen LogP contribution is -2.31. The summed E-state index contributed by atoms with van der Waals surface area (Å²) in [6.07, 6.45) is 0.958. The summed E-state index contributed by atoms with van der Waals surface area (Å²) in [5.41, 5.74) is 1.11. The maximum Gasteiger partial charge on any atom is 0.123 e. The molecular formula is C13H20FNO. The predicted molar refractivity (Wildman–Crippen MR) is 63.8 cm³/mol.